The van der Waals surface area contributed by atoms with Crippen molar-refractivity contribution in [3.63, 3.8) is 0 Å². The summed E-state index contributed by atoms with van der Waals surface area (Å²) >= 11 is 0. The van der Waals surface area contributed by atoms with E-state index in [1.807, 2.05) is 0 Å². The lowest BCUT2D eigenvalue weighted by Gasteiger charge is -2.31. The Morgan fingerprint density at radius 1 is 0.339 bits per heavy atom. The standard InChI is InChI=1S/C57H37NO/c1-3-14-38(15-4-1)39-26-28-40(29-27-39)41-30-32-42(33-31-41)43-34-36-45(37-35-43)58(44-16-5-2-6-17-44)52-24-13-23-51-54(52)46-18-7-10-21-49(46)57(51)50-22-11-8-19-47(50)56-55(57)48-20-9-12-25-53(48)59-56/h1-37H. The van der Waals surface area contributed by atoms with Gasteiger partial charge in [-0.1, -0.05) is 188 Å². The molecule has 0 aliphatic heterocycles. The third-order valence-electron chi connectivity index (χ3n) is 12.5. The third-order valence-corrected chi connectivity index (χ3v) is 12.5. The van der Waals surface area contributed by atoms with E-state index in [-0.39, 0.29) is 0 Å². The fourth-order valence-corrected chi connectivity index (χ4v) is 9.95. The number of para-hydroxylation sites is 2. The quantitative estimate of drug-likeness (QED) is 0.168. The Morgan fingerprint density at radius 3 is 1.44 bits per heavy atom. The van der Waals surface area contributed by atoms with Crippen molar-refractivity contribution in [2.24, 2.45) is 0 Å². The molecule has 0 fully saturated rings. The van der Waals surface area contributed by atoms with Gasteiger partial charge in [0.2, 0.25) is 0 Å². The number of benzene rings is 9. The van der Waals surface area contributed by atoms with E-state index in [0.29, 0.717) is 0 Å². The zero-order valence-electron chi connectivity index (χ0n) is 32.2. The third kappa shape index (κ3) is 5.00. The summed E-state index contributed by atoms with van der Waals surface area (Å²) in [6.07, 6.45) is 0. The van der Waals surface area contributed by atoms with Gasteiger partial charge in [-0.3, -0.25) is 0 Å². The van der Waals surface area contributed by atoms with Crippen molar-refractivity contribution in [3.05, 3.63) is 247 Å². The molecule has 12 rings (SSSR count). The summed E-state index contributed by atoms with van der Waals surface area (Å²) in [5.74, 6) is 0.972. The Kier molecular flexibility index (Phi) is 7.48. The molecule has 0 saturated carbocycles. The molecule has 2 heteroatoms. The van der Waals surface area contributed by atoms with E-state index >= 15 is 0 Å². The first kappa shape index (κ1) is 33.5. The normalized spacial score (nSPS) is 14.5. The first-order valence-electron chi connectivity index (χ1n) is 20.3. The van der Waals surface area contributed by atoms with Gasteiger partial charge in [-0.2, -0.15) is 0 Å². The molecule has 10 aromatic rings. The Morgan fingerprint density at radius 2 is 0.797 bits per heavy atom. The number of anilines is 3. The number of furan rings is 1. The lowest BCUT2D eigenvalue weighted by molar-refractivity contribution is 0.628. The summed E-state index contributed by atoms with van der Waals surface area (Å²) < 4.78 is 6.76. The van der Waals surface area contributed by atoms with E-state index < -0.39 is 5.41 Å². The Labute approximate surface area is 343 Å². The molecule has 1 atom stereocenters. The highest BCUT2D eigenvalue weighted by Crippen LogP contribution is 2.66. The van der Waals surface area contributed by atoms with Gasteiger partial charge in [0.25, 0.3) is 0 Å². The zero-order valence-corrected chi connectivity index (χ0v) is 32.2. The first-order chi connectivity index (χ1) is 29.3. The van der Waals surface area contributed by atoms with Gasteiger partial charge in [-0.25, -0.2) is 0 Å². The number of hydrogen-bond donors (Lipinski definition) is 0. The molecule has 2 aliphatic rings. The van der Waals surface area contributed by atoms with Gasteiger partial charge in [-0.05, 0) is 92.0 Å². The summed E-state index contributed by atoms with van der Waals surface area (Å²) in [6, 6.07) is 81.4. The van der Waals surface area contributed by atoms with Crippen LogP contribution in [0.15, 0.2) is 229 Å². The lowest BCUT2D eigenvalue weighted by Crippen LogP contribution is -2.26. The molecule has 0 saturated heterocycles. The van der Waals surface area contributed by atoms with Crippen molar-refractivity contribution in [2.45, 2.75) is 5.41 Å². The predicted octanol–water partition coefficient (Wildman–Crippen LogP) is 15.2. The molecule has 1 heterocycles. The van der Waals surface area contributed by atoms with Crippen LogP contribution in [-0.4, -0.2) is 0 Å². The molecule has 0 radical (unpaired) electrons. The second-order valence-corrected chi connectivity index (χ2v) is 15.6. The van der Waals surface area contributed by atoms with Crippen LogP contribution in [0.1, 0.15) is 22.3 Å². The maximum absolute atomic E-state index is 6.76. The summed E-state index contributed by atoms with van der Waals surface area (Å²) in [5, 5.41) is 1.16. The maximum atomic E-state index is 6.76. The Bertz CT molecular complexity index is 3180. The van der Waals surface area contributed by atoms with Gasteiger partial charge < -0.3 is 9.32 Å². The molecule has 276 valence electrons. The summed E-state index contributed by atoms with van der Waals surface area (Å²) in [6.45, 7) is 0. The van der Waals surface area contributed by atoms with Crippen LogP contribution in [-0.2, 0) is 5.41 Å². The van der Waals surface area contributed by atoms with Crippen LogP contribution in [0.4, 0.5) is 17.1 Å². The van der Waals surface area contributed by atoms with Gasteiger partial charge in [0, 0.05) is 33.5 Å². The van der Waals surface area contributed by atoms with Gasteiger partial charge in [0.15, 0.2) is 0 Å². The minimum absolute atomic E-state index is 0.525. The van der Waals surface area contributed by atoms with Crippen molar-refractivity contribution in [1.29, 1.82) is 0 Å². The number of nitrogens with zero attached hydrogens (tertiary/aromatic N) is 1. The Hall–Kier alpha value is -7.68. The molecule has 59 heavy (non-hydrogen) atoms. The van der Waals surface area contributed by atoms with E-state index in [2.05, 4.69) is 229 Å². The fraction of sp³-hybridized carbons (Fsp3) is 0.0175. The largest absolute Gasteiger partial charge is 0.456 e. The maximum Gasteiger partial charge on any atom is 0.140 e. The fourth-order valence-electron chi connectivity index (χ4n) is 9.95. The van der Waals surface area contributed by atoms with Crippen molar-refractivity contribution >= 4 is 28.0 Å². The molecule has 9 aromatic carbocycles. The molecular weight excluding hydrogens is 715 g/mol. The molecule has 1 aromatic heterocycles. The highest BCUT2D eigenvalue weighted by molar-refractivity contribution is 6.05. The zero-order chi connectivity index (χ0) is 38.9. The van der Waals surface area contributed by atoms with Crippen LogP contribution in [0.25, 0.3) is 66.8 Å². The molecule has 2 aliphatic carbocycles. The highest BCUT2D eigenvalue weighted by atomic mass is 16.3. The van der Waals surface area contributed by atoms with Gasteiger partial charge >= 0.3 is 0 Å². The van der Waals surface area contributed by atoms with E-state index in [1.165, 1.54) is 66.8 Å². The van der Waals surface area contributed by atoms with Crippen LogP contribution < -0.4 is 4.90 Å². The van der Waals surface area contributed by atoms with Crippen LogP contribution in [0.2, 0.25) is 0 Å². The van der Waals surface area contributed by atoms with Crippen LogP contribution in [0.3, 0.4) is 0 Å². The highest BCUT2D eigenvalue weighted by Gasteiger charge is 2.55. The van der Waals surface area contributed by atoms with E-state index in [0.717, 1.165) is 39.4 Å². The summed E-state index contributed by atoms with van der Waals surface area (Å²) in [5.41, 5.74) is 19.7. The molecule has 0 bridgehead atoms. The van der Waals surface area contributed by atoms with E-state index in [1.54, 1.807) is 0 Å². The SMILES string of the molecule is c1ccc(-c2ccc(-c3ccc(-c4ccc(N(c5ccccc5)c5cccc6c5-c5ccccc5C65c6ccccc6-c6oc7ccccc7c65)cc4)cc3)cc2)cc1. The van der Waals surface area contributed by atoms with Crippen LogP contribution in [0.5, 0.6) is 0 Å². The average Bonchev–Trinajstić information content (AvgIpc) is 3.94. The molecule has 0 N–H and O–H groups in total. The second kappa shape index (κ2) is 13.2. The van der Waals surface area contributed by atoms with Gasteiger partial charge in [0.05, 0.1) is 11.1 Å². The van der Waals surface area contributed by atoms with Crippen molar-refractivity contribution in [1.82, 2.24) is 0 Å². The van der Waals surface area contributed by atoms with Crippen LogP contribution in [0, 0.1) is 0 Å². The van der Waals surface area contributed by atoms with Gasteiger partial charge in [0.1, 0.15) is 11.3 Å². The molecule has 0 amide bonds. The number of hydrogen-bond acceptors (Lipinski definition) is 2. The van der Waals surface area contributed by atoms with E-state index in [9.17, 15) is 0 Å². The number of rotatable bonds is 6. The molecule has 2 nitrogen and oxygen atoms in total. The minimum atomic E-state index is -0.525. The molecular formula is C57H37NO. The Balaban J connectivity index is 0.968. The smallest absolute Gasteiger partial charge is 0.140 e. The van der Waals surface area contributed by atoms with Crippen molar-refractivity contribution < 1.29 is 4.42 Å². The summed E-state index contributed by atoms with van der Waals surface area (Å²) in [4.78, 5) is 2.43. The van der Waals surface area contributed by atoms with Crippen molar-refractivity contribution in [3.8, 4) is 55.8 Å². The van der Waals surface area contributed by atoms with Crippen LogP contribution >= 0.6 is 0 Å². The topological polar surface area (TPSA) is 16.4 Å². The average molecular weight is 752 g/mol. The van der Waals surface area contributed by atoms with Gasteiger partial charge in [-0.15, -0.1) is 0 Å². The first-order valence-corrected chi connectivity index (χ1v) is 20.3. The lowest BCUT2D eigenvalue weighted by atomic mass is 9.70. The van der Waals surface area contributed by atoms with E-state index in [4.69, 9.17) is 4.42 Å². The molecule has 1 spiro atoms. The minimum Gasteiger partial charge on any atom is -0.456 e. The summed E-state index contributed by atoms with van der Waals surface area (Å²) in [7, 11) is 0. The predicted molar refractivity (Wildman–Crippen MR) is 244 cm³/mol. The second-order valence-electron chi connectivity index (χ2n) is 15.6. The monoisotopic (exact) mass is 751 g/mol. The van der Waals surface area contributed by atoms with Crippen molar-refractivity contribution in [2.75, 3.05) is 4.90 Å². The number of fused-ring (bicyclic) bond motifs is 12. The molecule has 1 unspecified atom stereocenters.